The summed E-state index contributed by atoms with van der Waals surface area (Å²) >= 11 is 0. The summed E-state index contributed by atoms with van der Waals surface area (Å²) < 4.78 is 36.3. The molecule has 0 radical (unpaired) electrons. The van der Waals surface area contributed by atoms with Crippen molar-refractivity contribution in [2.24, 2.45) is 0 Å². The van der Waals surface area contributed by atoms with Crippen LogP contribution in [0.1, 0.15) is 10.6 Å². The van der Waals surface area contributed by atoms with Gasteiger partial charge in [0.2, 0.25) is 5.78 Å². The van der Waals surface area contributed by atoms with Gasteiger partial charge in [0.25, 0.3) is 0 Å². The molecule has 0 fully saturated rings. The van der Waals surface area contributed by atoms with Gasteiger partial charge < -0.3 is 24.8 Å². The maximum atomic E-state index is 11.4. The van der Waals surface area contributed by atoms with Crippen LogP contribution in [0.15, 0.2) is 22.8 Å². The third kappa shape index (κ3) is 7.30. The normalized spacial score (nSPS) is 15.7. The highest BCUT2D eigenvalue weighted by Gasteiger charge is 2.31. The van der Waals surface area contributed by atoms with Crippen LogP contribution in [0, 0.1) is 0 Å². The highest BCUT2D eigenvalue weighted by atomic mass is 32.3. The van der Waals surface area contributed by atoms with E-state index >= 15 is 0 Å². The average molecular weight is 314 g/mol. The van der Waals surface area contributed by atoms with Crippen molar-refractivity contribution in [1.82, 2.24) is 0 Å². The average Bonchev–Trinajstić information content (AvgIpc) is 2.86. The number of ketones is 1. The zero-order valence-corrected chi connectivity index (χ0v) is 10.7. The van der Waals surface area contributed by atoms with Gasteiger partial charge in [0, 0.05) is 0 Å². The highest BCUT2D eigenvalue weighted by Crippen LogP contribution is 2.09. The molecule has 0 saturated heterocycles. The molecule has 10 nitrogen and oxygen atoms in total. The van der Waals surface area contributed by atoms with Gasteiger partial charge in [-0.2, -0.15) is 8.42 Å². The van der Waals surface area contributed by atoms with E-state index in [1.807, 2.05) is 0 Å². The van der Waals surface area contributed by atoms with Crippen LogP contribution >= 0.6 is 0 Å². The summed E-state index contributed by atoms with van der Waals surface area (Å²) in [5.74, 6) is -0.966. The first-order valence-corrected chi connectivity index (χ1v) is 6.40. The van der Waals surface area contributed by atoms with Gasteiger partial charge >= 0.3 is 10.4 Å². The lowest BCUT2D eigenvalue weighted by atomic mass is 10.0. The van der Waals surface area contributed by atoms with E-state index < -0.39 is 41.1 Å². The zero-order chi connectivity index (χ0) is 15.9. The first-order valence-electron chi connectivity index (χ1n) is 5.00. The molecular weight excluding hydrogens is 300 g/mol. The number of carbonyl (C=O) groups is 1. The van der Waals surface area contributed by atoms with E-state index in [2.05, 4.69) is 0 Å². The van der Waals surface area contributed by atoms with E-state index in [9.17, 15) is 15.0 Å². The minimum Gasteiger partial charge on any atom is -0.461 e. The van der Waals surface area contributed by atoms with Crippen molar-refractivity contribution in [3.8, 4) is 0 Å². The second kappa shape index (κ2) is 8.06. The fourth-order valence-electron chi connectivity index (χ4n) is 1.04. The van der Waals surface area contributed by atoms with E-state index in [0.717, 1.165) is 0 Å². The van der Waals surface area contributed by atoms with Crippen LogP contribution in [0.3, 0.4) is 0 Å². The molecule has 0 aliphatic heterocycles. The van der Waals surface area contributed by atoms with Crippen LogP contribution in [-0.4, -0.2) is 68.7 Å². The molecular formula is C9H14O10S. The molecule has 3 unspecified atom stereocenters. The second-order valence-corrected chi connectivity index (χ2v) is 4.37. The fourth-order valence-corrected chi connectivity index (χ4v) is 1.04. The smallest absolute Gasteiger partial charge is 0.394 e. The molecule has 1 aromatic heterocycles. The summed E-state index contributed by atoms with van der Waals surface area (Å²) in [4.78, 5) is 11.4. The Morgan fingerprint density at radius 1 is 1.25 bits per heavy atom. The number of aliphatic hydroxyl groups excluding tert-OH is 4. The van der Waals surface area contributed by atoms with Crippen LogP contribution in [0.2, 0.25) is 0 Å². The molecule has 0 aliphatic carbocycles. The summed E-state index contributed by atoms with van der Waals surface area (Å²) in [5.41, 5.74) is 0. The molecule has 1 rings (SSSR count). The summed E-state index contributed by atoms with van der Waals surface area (Å²) in [5, 5.41) is 36.1. The fraction of sp³-hybridized carbons (Fsp3) is 0.444. The van der Waals surface area contributed by atoms with E-state index in [0.29, 0.717) is 0 Å². The Hall–Kier alpha value is -1.34. The maximum absolute atomic E-state index is 11.4. The van der Waals surface area contributed by atoms with Crippen LogP contribution < -0.4 is 0 Å². The minimum absolute atomic E-state index is 0.119. The molecule has 3 atom stereocenters. The summed E-state index contributed by atoms with van der Waals surface area (Å²) in [7, 11) is -4.67. The van der Waals surface area contributed by atoms with Crippen molar-refractivity contribution in [2.75, 3.05) is 6.61 Å². The van der Waals surface area contributed by atoms with E-state index in [1.54, 1.807) is 0 Å². The molecule has 6 N–H and O–H groups in total. The third-order valence-corrected chi connectivity index (χ3v) is 1.94. The molecule has 0 spiro atoms. The quantitative estimate of drug-likeness (QED) is 0.259. The predicted octanol–water partition coefficient (Wildman–Crippen LogP) is -2.12. The van der Waals surface area contributed by atoms with Gasteiger partial charge in [0.1, 0.15) is 18.3 Å². The lowest BCUT2D eigenvalue weighted by Crippen LogP contribution is -2.43. The minimum atomic E-state index is -4.67. The molecule has 0 aliphatic rings. The van der Waals surface area contributed by atoms with Crippen molar-refractivity contribution in [3.63, 3.8) is 0 Å². The SMILES string of the molecule is O=C(c1ccco1)C(O)C(O)C(O)CO.O=S(=O)(O)O. The number of furan rings is 1. The largest absolute Gasteiger partial charge is 0.461 e. The number of hydrogen-bond acceptors (Lipinski definition) is 8. The molecule has 1 aromatic rings. The monoisotopic (exact) mass is 314 g/mol. The molecule has 0 saturated carbocycles. The number of carbonyl (C=O) groups excluding carboxylic acids is 1. The third-order valence-electron chi connectivity index (χ3n) is 1.94. The Balaban J connectivity index is 0.000000621. The summed E-state index contributed by atoms with van der Waals surface area (Å²) in [6.07, 6.45) is -3.89. The first-order chi connectivity index (χ1) is 9.07. The standard InChI is InChI=1S/C9H12O6.H2O4S/c10-4-5(11)7(12)9(14)8(13)6-2-1-3-15-6;1-5(2,3)4/h1-3,5,7,9-12,14H,4H2;(H2,1,2,3,4). The Labute approximate surface area is 113 Å². The lowest BCUT2D eigenvalue weighted by Gasteiger charge is -2.19. The Morgan fingerprint density at radius 2 is 1.75 bits per heavy atom. The molecule has 116 valence electrons. The number of hydrogen-bond donors (Lipinski definition) is 6. The van der Waals surface area contributed by atoms with E-state index in [-0.39, 0.29) is 5.76 Å². The van der Waals surface area contributed by atoms with Crippen molar-refractivity contribution < 1.29 is 47.2 Å². The number of rotatable bonds is 5. The van der Waals surface area contributed by atoms with Crippen LogP contribution in [0.25, 0.3) is 0 Å². The lowest BCUT2D eigenvalue weighted by molar-refractivity contribution is -0.0651. The number of aliphatic hydroxyl groups is 4. The van der Waals surface area contributed by atoms with Crippen molar-refractivity contribution in [3.05, 3.63) is 24.2 Å². The Morgan fingerprint density at radius 3 is 2.10 bits per heavy atom. The van der Waals surface area contributed by atoms with Gasteiger partial charge in [0.15, 0.2) is 5.76 Å². The highest BCUT2D eigenvalue weighted by molar-refractivity contribution is 7.79. The topological polar surface area (TPSA) is 186 Å². The van der Waals surface area contributed by atoms with Crippen molar-refractivity contribution in [2.45, 2.75) is 18.3 Å². The van der Waals surface area contributed by atoms with Crippen LogP contribution in [0.5, 0.6) is 0 Å². The maximum Gasteiger partial charge on any atom is 0.394 e. The van der Waals surface area contributed by atoms with Gasteiger partial charge in [-0.25, -0.2) is 0 Å². The van der Waals surface area contributed by atoms with Gasteiger partial charge in [-0.1, -0.05) is 0 Å². The van der Waals surface area contributed by atoms with E-state index in [1.165, 1.54) is 18.4 Å². The summed E-state index contributed by atoms with van der Waals surface area (Å²) in [6.45, 7) is -0.746. The molecule has 0 bridgehead atoms. The van der Waals surface area contributed by atoms with Crippen molar-refractivity contribution >= 4 is 16.2 Å². The van der Waals surface area contributed by atoms with Crippen molar-refractivity contribution in [1.29, 1.82) is 0 Å². The zero-order valence-electron chi connectivity index (χ0n) is 9.90. The van der Waals surface area contributed by atoms with Gasteiger partial charge in [-0.15, -0.1) is 0 Å². The molecule has 0 aromatic carbocycles. The molecule has 0 amide bonds. The molecule has 11 heteroatoms. The Bertz CT molecular complexity index is 485. The predicted molar refractivity (Wildman–Crippen MR) is 62.3 cm³/mol. The molecule has 1 heterocycles. The van der Waals surface area contributed by atoms with Crippen LogP contribution in [0.4, 0.5) is 0 Å². The van der Waals surface area contributed by atoms with Gasteiger partial charge in [0.05, 0.1) is 12.9 Å². The molecule has 20 heavy (non-hydrogen) atoms. The van der Waals surface area contributed by atoms with E-state index in [4.69, 9.17) is 32.2 Å². The van der Waals surface area contributed by atoms with Crippen LogP contribution in [-0.2, 0) is 10.4 Å². The van der Waals surface area contributed by atoms with Gasteiger partial charge in [-0.3, -0.25) is 13.9 Å². The second-order valence-electron chi connectivity index (χ2n) is 3.47. The first kappa shape index (κ1) is 18.7. The number of Topliss-reactive ketones (excluding diaryl/α,β-unsaturated/α-hetero) is 1. The summed E-state index contributed by atoms with van der Waals surface area (Å²) in [6, 6.07) is 2.78. The Kier molecular flexibility index (Phi) is 7.52. The van der Waals surface area contributed by atoms with Gasteiger partial charge in [-0.05, 0) is 12.1 Å².